The number of nitrogens with zero attached hydrogens (tertiary/aromatic N) is 1. The van der Waals surface area contributed by atoms with Crippen LogP contribution in [0.5, 0.6) is 0 Å². The molecule has 2 aliphatic rings. The van der Waals surface area contributed by atoms with Gasteiger partial charge in [-0.25, -0.2) is 4.79 Å². The Labute approximate surface area is 94.7 Å². The largest absolute Gasteiger partial charge is 0.465 e. The molecule has 16 heavy (non-hydrogen) atoms. The fraction of sp³-hybridized carbons (Fsp3) is 0.462. The Bertz CT molecular complexity index is 453. The van der Waals surface area contributed by atoms with Gasteiger partial charge >= 0.3 is 6.09 Å². The Morgan fingerprint density at radius 1 is 1.06 bits per heavy atom. The van der Waals surface area contributed by atoms with Crippen LogP contribution in [0, 0.1) is 0 Å². The van der Waals surface area contributed by atoms with Crippen LogP contribution in [0.1, 0.15) is 29.5 Å². The fourth-order valence-corrected chi connectivity index (χ4v) is 2.86. The summed E-state index contributed by atoms with van der Waals surface area (Å²) in [4.78, 5) is 12.6. The summed E-state index contributed by atoms with van der Waals surface area (Å²) in [5.41, 5.74) is 4.94. The highest BCUT2D eigenvalue weighted by Gasteiger charge is 2.24. The summed E-state index contributed by atoms with van der Waals surface area (Å²) < 4.78 is 0. The van der Waals surface area contributed by atoms with Crippen LogP contribution in [0.4, 0.5) is 10.5 Å². The third-order valence-corrected chi connectivity index (χ3v) is 3.64. The van der Waals surface area contributed by atoms with Gasteiger partial charge in [0.05, 0.1) is 5.69 Å². The minimum absolute atomic E-state index is 0.640. The maximum atomic E-state index is 11.1. The molecule has 0 atom stereocenters. The number of amides is 1. The van der Waals surface area contributed by atoms with Crippen LogP contribution in [0.15, 0.2) is 12.1 Å². The number of aryl methyl sites for hydroxylation is 3. The second-order valence-corrected chi connectivity index (χ2v) is 4.64. The molecule has 0 unspecified atom stereocenters. The van der Waals surface area contributed by atoms with E-state index < -0.39 is 6.09 Å². The first-order valence-corrected chi connectivity index (χ1v) is 5.91. The van der Waals surface area contributed by atoms with E-state index in [2.05, 4.69) is 12.1 Å². The van der Waals surface area contributed by atoms with Crippen molar-refractivity contribution in [2.45, 2.75) is 32.1 Å². The van der Waals surface area contributed by atoms with Gasteiger partial charge < -0.3 is 5.11 Å². The number of anilines is 1. The monoisotopic (exact) mass is 217 g/mol. The van der Waals surface area contributed by atoms with Gasteiger partial charge in [0.15, 0.2) is 0 Å². The predicted molar refractivity (Wildman–Crippen MR) is 62.2 cm³/mol. The smallest absolute Gasteiger partial charge is 0.411 e. The fourth-order valence-electron chi connectivity index (χ4n) is 2.86. The van der Waals surface area contributed by atoms with E-state index in [1.54, 1.807) is 0 Å². The highest BCUT2D eigenvalue weighted by atomic mass is 16.4. The Hall–Kier alpha value is -1.51. The molecule has 1 aromatic rings. The molecule has 0 aromatic heterocycles. The SMILES string of the molecule is O=C(O)N1CCCc2cc3c(cc21)CCC3. The van der Waals surface area contributed by atoms with Crippen molar-refractivity contribution in [3.63, 3.8) is 0 Å². The summed E-state index contributed by atoms with van der Waals surface area (Å²) in [5, 5.41) is 9.16. The second-order valence-electron chi connectivity index (χ2n) is 4.64. The Balaban J connectivity index is 2.10. The van der Waals surface area contributed by atoms with Crippen molar-refractivity contribution in [1.29, 1.82) is 0 Å². The van der Waals surface area contributed by atoms with Crippen molar-refractivity contribution in [1.82, 2.24) is 0 Å². The summed E-state index contributed by atoms with van der Waals surface area (Å²) in [6.45, 7) is 0.640. The lowest BCUT2D eigenvalue weighted by molar-refractivity contribution is 0.201. The van der Waals surface area contributed by atoms with Crippen molar-refractivity contribution in [2.24, 2.45) is 0 Å². The maximum Gasteiger partial charge on any atom is 0.411 e. The first-order valence-electron chi connectivity index (χ1n) is 5.91. The minimum Gasteiger partial charge on any atom is -0.465 e. The average Bonchev–Trinajstić information content (AvgIpc) is 2.71. The van der Waals surface area contributed by atoms with Crippen molar-refractivity contribution in [2.75, 3.05) is 11.4 Å². The third kappa shape index (κ3) is 1.39. The zero-order valence-electron chi connectivity index (χ0n) is 9.20. The highest BCUT2D eigenvalue weighted by Crippen LogP contribution is 2.33. The molecule has 3 heteroatoms. The Kier molecular flexibility index (Phi) is 2.13. The molecule has 3 rings (SSSR count). The molecule has 0 spiro atoms. The second kappa shape index (κ2) is 3.51. The number of hydrogen-bond donors (Lipinski definition) is 1. The summed E-state index contributed by atoms with van der Waals surface area (Å²) in [6, 6.07) is 4.33. The van der Waals surface area contributed by atoms with Gasteiger partial charge in [-0.3, -0.25) is 4.90 Å². The summed E-state index contributed by atoms with van der Waals surface area (Å²) in [5.74, 6) is 0. The number of fused-ring (bicyclic) bond motifs is 2. The minimum atomic E-state index is -0.820. The molecule has 0 saturated heterocycles. The number of benzene rings is 1. The highest BCUT2D eigenvalue weighted by molar-refractivity contribution is 5.88. The van der Waals surface area contributed by atoms with Gasteiger partial charge in [0.2, 0.25) is 0 Å². The molecule has 1 aliphatic heterocycles. The lowest BCUT2D eigenvalue weighted by Crippen LogP contribution is -2.34. The lowest BCUT2D eigenvalue weighted by Gasteiger charge is -2.27. The average molecular weight is 217 g/mol. The third-order valence-electron chi connectivity index (χ3n) is 3.64. The van der Waals surface area contributed by atoms with Crippen molar-refractivity contribution in [3.8, 4) is 0 Å². The molecule has 1 heterocycles. The van der Waals surface area contributed by atoms with Crippen LogP contribution in [0.2, 0.25) is 0 Å². The van der Waals surface area contributed by atoms with E-state index in [1.807, 2.05) is 0 Å². The van der Waals surface area contributed by atoms with Crippen LogP contribution < -0.4 is 4.90 Å². The first-order chi connectivity index (χ1) is 7.75. The van der Waals surface area contributed by atoms with E-state index in [9.17, 15) is 4.79 Å². The molecule has 1 aromatic carbocycles. The van der Waals surface area contributed by atoms with E-state index in [4.69, 9.17) is 5.11 Å². The topological polar surface area (TPSA) is 40.5 Å². The zero-order valence-corrected chi connectivity index (χ0v) is 9.20. The van der Waals surface area contributed by atoms with Gasteiger partial charge in [0.1, 0.15) is 0 Å². The molecule has 1 aliphatic carbocycles. The van der Waals surface area contributed by atoms with Gasteiger partial charge in [-0.1, -0.05) is 6.07 Å². The van der Waals surface area contributed by atoms with Gasteiger partial charge in [-0.15, -0.1) is 0 Å². The van der Waals surface area contributed by atoms with Crippen LogP contribution >= 0.6 is 0 Å². The summed E-state index contributed by atoms with van der Waals surface area (Å²) in [6.07, 6.45) is 4.63. The Morgan fingerprint density at radius 2 is 1.75 bits per heavy atom. The molecule has 1 N–H and O–H groups in total. The molecular weight excluding hydrogens is 202 g/mol. The van der Waals surface area contributed by atoms with Crippen LogP contribution in [-0.4, -0.2) is 17.7 Å². The van der Waals surface area contributed by atoms with E-state index >= 15 is 0 Å². The van der Waals surface area contributed by atoms with E-state index in [0.29, 0.717) is 6.54 Å². The normalized spacial score (nSPS) is 18.1. The van der Waals surface area contributed by atoms with Crippen molar-refractivity contribution < 1.29 is 9.90 Å². The molecular formula is C13H15NO2. The quantitative estimate of drug-likeness (QED) is 0.725. The lowest BCUT2D eigenvalue weighted by atomic mass is 9.97. The molecule has 84 valence electrons. The molecule has 3 nitrogen and oxygen atoms in total. The van der Waals surface area contributed by atoms with Crippen molar-refractivity contribution >= 4 is 11.8 Å². The maximum absolute atomic E-state index is 11.1. The first kappa shape index (κ1) is 9.70. The molecule has 1 amide bonds. The molecule has 0 bridgehead atoms. The van der Waals surface area contributed by atoms with E-state index in [1.165, 1.54) is 28.0 Å². The van der Waals surface area contributed by atoms with Crippen LogP contribution in [0.25, 0.3) is 0 Å². The van der Waals surface area contributed by atoms with Gasteiger partial charge in [0.25, 0.3) is 0 Å². The Morgan fingerprint density at radius 3 is 2.50 bits per heavy atom. The van der Waals surface area contributed by atoms with Gasteiger partial charge in [-0.2, -0.15) is 0 Å². The zero-order chi connectivity index (χ0) is 11.1. The number of carbonyl (C=O) groups is 1. The molecule has 0 saturated carbocycles. The predicted octanol–water partition coefficient (Wildman–Crippen LogP) is 2.61. The number of carboxylic acid groups (broad SMARTS) is 1. The standard InChI is InChI=1S/C13H15NO2/c15-13(16)14-6-2-5-11-7-9-3-1-4-10(9)8-12(11)14/h7-8H,1-6H2,(H,15,16). The van der Waals surface area contributed by atoms with Gasteiger partial charge in [-0.05, 0) is 54.9 Å². The summed E-state index contributed by atoms with van der Waals surface area (Å²) >= 11 is 0. The van der Waals surface area contributed by atoms with E-state index in [-0.39, 0.29) is 0 Å². The van der Waals surface area contributed by atoms with Crippen LogP contribution in [-0.2, 0) is 19.3 Å². The number of rotatable bonds is 0. The molecule has 0 radical (unpaired) electrons. The molecule has 0 fully saturated rings. The van der Waals surface area contributed by atoms with Gasteiger partial charge in [0, 0.05) is 6.54 Å². The van der Waals surface area contributed by atoms with Crippen LogP contribution in [0.3, 0.4) is 0 Å². The number of hydrogen-bond acceptors (Lipinski definition) is 1. The van der Waals surface area contributed by atoms with Crippen molar-refractivity contribution in [3.05, 3.63) is 28.8 Å². The van der Waals surface area contributed by atoms with E-state index in [0.717, 1.165) is 31.4 Å². The summed E-state index contributed by atoms with van der Waals surface area (Å²) in [7, 11) is 0.